The first kappa shape index (κ1) is 16.1. The van der Waals surface area contributed by atoms with Crippen molar-refractivity contribution in [3.63, 3.8) is 0 Å². The number of hydrogen-bond donors (Lipinski definition) is 0. The van der Waals surface area contributed by atoms with Crippen molar-refractivity contribution in [3.05, 3.63) is 46.7 Å². The molecule has 0 N–H and O–H groups in total. The first-order valence-electron chi connectivity index (χ1n) is 5.86. The van der Waals surface area contributed by atoms with Crippen LogP contribution in [0.3, 0.4) is 0 Å². The van der Waals surface area contributed by atoms with E-state index < -0.39 is 11.9 Å². The van der Waals surface area contributed by atoms with Crippen molar-refractivity contribution < 1.29 is 17.9 Å². The van der Waals surface area contributed by atoms with Gasteiger partial charge in [0, 0.05) is 16.4 Å². The highest BCUT2D eigenvalue weighted by Crippen LogP contribution is 2.28. The minimum atomic E-state index is -4.45. The van der Waals surface area contributed by atoms with Crippen LogP contribution in [-0.2, 0) is 6.18 Å². The van der Waals surface area contributed by atoms with E-state index >= 15 is 0 Å². The van der Waals surface area contributed by atoms with Crippen LogP contribution >= 0.6 is 27.7 Å². The third kappa shape index (κ3) is 5.20. The lowest BCUT2D eigenvalue weighted by molar-refractivity contribution is -0.141. The molecule has 0 saturated carbocycles. The van der Waals surface area contributed by atoms with Crippen molar-refractivity contribution in [1.29, 1.82) is 0 Å². The quantitative estimate of drug-likeness (QED) is 0.438. The van der Waals surface area contributed by atoms with Crippen LogP contribution < -0.4 is 4.74 Å². The van der Waals surface area contributed by atoms with Crippen molar-refractivity contribution in [2.75, 3.05) is 12.4 Å². The monoisotopic (exact) mass is 378 g/mol. The molecule has 1 heterocycles. The summed E-state index contributed by atoms with van der Waals surface area (Å²) in [7, 11) is 0. The second kappa shape index (κ2) is 7.13. The molecule has 2 rings (SSSR count). The molecular formula is C13H10BrF3N2OS. The predicted molar refractivity (Wildman–Crippen MR) is 77.4 cm³/mol. The number of rotatable bonds is 5. The molecule has 0 unspecified atom stereocenters. The molecule has 0 fully saturated rings. The van der Waals surface area contributed by atoms with Crippen molar-refractivity contribution >= 4 is 27.7 Å². The van der Waals surface area contributed by atoms with Crippen LogP contribution in [0.4, 0.5) is 13.2 Å². The average molecular weight is 379 g/mol. The second-order valence-corrected chi connectivity index (χ2v) is 5.85. The maximum Gasteiger partial charge on any atom is 0.433 e. The number of halogens is 4. The molecular weight excluding hydrogens is 369 g/mol. The lowest BCUT2D eigenvalue weighted by Crippen LogP contribution is -2.09. The molecule has 0 amide bonds. The smallest absolute Gasteiger partial charge is 0.433 e. The molecule has 0 spiro atoms. The Balaban J connectivity index is 1.84. The van der Waals surface area contributed by atoms with E-state index in [-0.39, 0.29) is 5.16 Å². The van der Waals surface area contributed by atoms with Gasteiger partial charge in [-0.3, -0.25) is 0 Å². The standard InChI is InChI=1S/C13H10BrF3N2OS/c14-9-2-1-3-10(8-9)20-6-7-21-12-18-5-4-11(19-12)13(15,16)17/h1-5,8H,6-7H2. The van der Waals surface area contributed by atoms with Gasteiger partial charge in [-0.25, -0.2) is 9.97 Å². The van der Waals surface area contributed by atoms with E-state index in [0.717, 1.165) is 28.5 Å². The van der Waals surface area contributed by atoms with Gasteiger partial charge in [0.2, 0.25) is 0 Å². The lowest BCUT2D eigenvalue weighted by Gasteiger charge is -2.07. The van der Waals surface area contributed by atoms with E-state index in [0.29, 0.717) is 18.1 Å². The molecule has 21 heavy (non-hydrogen) atoms. The van der Waals surface area contributed by atoms with E-state index in [1.54, 1.807) is 6.07 Å². The van der Waals surface area contributed by atoms with E-state index in [1.807, 2.05) is 18.2 Å². The molecule has 3 nitrogen and oxygen atoms in total. The topological polar surface area (TPSA) is 35.0 Å². The van der Waals surface area contributed by atoms with Crippen LogP contribution in [-0.4, -0.2) is 22.3 Å². The van der Waals surface area contributed by atoms with Gasteiger partial charge in [-0.2, -0.15) is 13.2 Å². The summed E-state index contributed by atoms with van der Waals surface area (Å²) < 4.78 is 43.8. The molecule has 2 aromatic rings. The van der Waals surface area contributed by atoms with Crippen LogP contribution in [0, 0.1) is 0 Å². The summed E-state index contributed by atoms with van der Waals surface area (Å²) in [4.78, 5) is 7.27. The molecule has 8 heteroatoms. The maximum atomic E-state index is 12.5. The zero-order chi connectivity index (χ0) is 15.3. The summed E-state index contributed by atoms with van der Waals surface area (Å²) in [6.07, 6.45) is -3.35. The molecule has 1 aromatic carbocycles. The van der Waals surface area contributed by atoms with Gasteiger partial charge < -0.3 is 4.74 Å². The van der Waals surface area contributed by atoms with Crippen molar-refractivity contribution in [3.8, 4) is 5.75 Å². The molecule has 0 saturated heterocycles. The molecule has 0 aliphatic rings. The Labute approximate surface area is 132 Å². The second-order valence-electron chi connectivity index (χ2n) is 3.88. The fourth-order valence-corrected chi connectivity index (χ4v) is 2.44. The van der Waals surface area contributed by atoms with E-state index in [9.17, 15) is 13.2 Å². The van der Waals surface area contributed by atoms with Gasteiger partial charge in [0.1, 0.15) is 11.4 Å². The number of aromatic nitrogens is 2. The molecule has 0 aliphatic carbocycles. The largest absolute Gasteiger partial charge is 0.493 e. The first-order chi connectivity index (χ1) is 9.95. The summed E-state index contributed by atoms with van der Waals surface area (Å²) in [5.74, 6) is 1.14. The van der Waals surface area contributed by atoms with Gasteiger partial charge in [0.25, 0.3) is 0 Å². The molecule has 0 atom stereocenters. The van der Waals surface area contributed by atoms with Crippen molar-refractivity contribution in [2.45, 2.75) is 11.3 Å². The molecule has 112 valence electrons. The summed E-state index contributed by atoms with van der Waals surface area (Å²) >= 11 is 4.44. The van der Waals surface area contributed by atoms with Crippen molar-refractivity contribution in [1.82, 2.24) is 9.97 Å². The number of thioether (sulfide) groups is 1. The summed E-state index contributed by atoms with van der Waals surface area (Å²) in [5.41, 5.74) is -0.937. The van der Waals surface area contributed by atoms with Crippen LogP contribution in [0.2, 0.25) is 0 Å². The number of hydrogen-bond acceptors (Lipinski definition) is 4. The van der Waals surface area contributed by atoms with Gasteiger partial charge in [-0.15, -0.1) is 0 Å². The SMILES string of the molecule is FC(F)(F)c1ccnc(SCCOc2cccc(Br)c2)n1. The highest BCUT2D eigenvalue weighted by molar-refractivity contribution is 9.10. The van der Waals surface area contributed by atoms with Gasteiger partial charge in [-0.05, 0) is 24.3 Å². The zero-order valence-electron chi connectivity index (χ0n) is 10.6. The Morgan fingerprint density at radius 3 is 2.76 bits per heavy atom. The Hall–Kier alpha value is -1.28. The predicted octanol–water partition coefficient (Wildman–Crippen LogP) is 4.43. The Kier molecular flexibility index (Phi) is 5.46. The number of nitrogens with zero attached hydrogens (tertiary/aromatic N) is 2. The number of alkyl halides is 3. The fraction of sp³-hybridized carbons (Fsp3) is 0.231. The van der Waals surface area contributed by atoms with E-state index in [2.05, 4.69) is 25.9 Å². The maximum absolute atomic E-state index is 12.5. The van der Waals surface area contributed by atoms with E-state index in [1.165, 1.54) is 0 Å². The third-order valence-corrected chi connectivity index (χ3v) is 3.62. The Morgan fingerprint density at radius 1 is 1.24 bits per heavy atom. The van der Waals surface area contributed by atoms with Gasteiger partial charge >= 0.3 is 6.18 Å². The highest BCUT2D eigenvalue weighted by atomic mass is 79.9. The van der Waals surface area contributed by atoms with E-state index in [4.69, 9.17) is 4.74 Å². The van der Waals surface area contributed by atoms with Gasteiger partial charge in [-0.1, -0.05) is 33.8 Å². The molecule has 1 aromatic heterocycles. The fourth-order valence-electron chi connectivity index (χ4n) is 1.42. The van der Waals surface area contributed by atoms with Crippen LogP contribution in [0.5, 0.6) is 5.75 Å². The molecule has 0 bridgehead atoms. The third-order valence-electron chi connectivity index (χ3n) is 2.30. The molecule has 0 radical (unpaired) electrons. The average Bonchev–Trinajstić information content (AvgIpc) is 2.43. The lowest BCUT2D eigenvalue weighted by atomic mass is 10.3. The zero-order valence-corrected chi connectivity index (χ0v) is 13.0. The Bertz CT molecular complexity index is 610. The minimum Gasteiger partial charge on any atom is -0.493 e. The van der Waals surface area contributed by atoms with Crippen molar-refractivity contribution in [2.24, 2.45) is 0 Å². The van der Waals surface area contributed by atoms with Gasteiger partial charge in [0.05, 0.1) is 6.61 Å². The first-order valence-corrected chi connectivity index (χ1v) is 7.64. The molecule has 0 aliphatic heterocycles. The van der Waals surface area contributed by atoms with Crippen LogP contribution in [0.1, 0.15) is 5.69 Å². The number of ether oxygens (including phenoxy) is 1. The summed E-state index contributed by atoms with van der Waals surface area (Å²) in [5, 5.41) is 0.0858. The summed E-state index contributed by atoms with van der Waals surface area (Å²) in [6.45, 7) is 0.348. The minimum absolute atomic E-state index is 0.0858. The number of benzene rings is 1. The van der Waals surface area contributed by atoms with Gasteiger partial charge in [0.15, 0.2) is 5.16 Å². The van der Waals surface area contributed by atoms with Crippen LogP contribution in [0.25, 0.3) is 0 Å². The summed E-state index contributed by atoms with van der Waals surface area (Å²) in [6, 6.07) is 8.17. The highest BCUT2D eigenvalue weighted by Gasteiger charge is 2.32. The Morgan fingerprint density at radius 2 is 2.05 bits per heavy atom. The van der Waals surface area contributed by atoms with Crippen LogP contribution in [0.15, 0.2) is 46.2 Å². The normalized spacial score (nSPS) is 11.4.